The van der Waals surface area contributed by atoms with Gasteiger partial charge in [-0.3, -0.25) is 4.79 Å². The molecule has 0 saturated carbocycles. The number of carbonyl (C=O) groups excluding carboxylic acids is 1. The van der Waals surface area contributed by atoms with E-state index in [1.165, 1.54) is 23.1 Å². The lowest BCUT2D eigenvalue weighted by Crippen LogP contribution is -3.14. The molecule has 25 heavy (non-hydrogen) atoms. The summed E-state index contributed by atoms with van der Waals surface area (Å²) in [6.07, 6.45) is 0.754. The van der Waals surface area contributed by atoms with Gasteiger partial charge in [0, 0.05) is 24.9 Å². The van der Waals surface area contributed by atoms with E-state index in [1.807, 2.05) is 0 Å². The van der Waals surface area contributed by atoms with Crippen LogP contribution in [0.15, 0.2) is 24.3 Å². The van der Waals surface area contributed by atoms with E-state index >= 15 is 0 Å². The van der Waals surface area contributed by atoms with Gasteiger partial charge in [0.05, 0.1) is 31.3 Å². The third-order valence-corrected chi connectivity index (χ3v) is 5.78. The monoisotopic (exact) mass is 373 g/mol. The average molecular weight is 373 g/mol. The molecule has 1 aromatic carbocycles. The fourth-order valence-electron chi connectivity index (χ4n) is 2.74. The summed E-state index contributed by atoms with van der Waals surface area (Å²) in [4.78, 5) is 13.2. The van der Waals surface area contributed by atoms with Gasteiger partial charge < -0.3 is 15.0 Å². The van der Waals surface area contributed by atoms with Crippen LogP contribution in [-0.2, 0) is 25.1 Å². The number of quaternary nitrogens is 1. The molecule has 2 rings (SSSR count). The average Bonchev–Trinajstić information content (AvgIpc) is 2.60. The molecule has 1 aliphatic heterocycles. The standard InChI is InChI=1S/C17H25FN2O4S/c18-16-5-2-1-4-15(16)14-25(22,23)13-6-17(21)19-7-3-8-20-9-11-24-12-10-20/h1-2,4-5H,3,6-14H2,(H,19,21)/p+1. The second-order valence-corrected chi connectivity index (χ2v) is 8.43. The van der Waals surface area contributed by atoms with Gasteiger partial charge in [-0.05, 0) is 6.07 Å². The first kappa shape index (κ1) is 19.8. The van der Waals surface area contributed by atoms with Crippen molar-refractivity contribution in [1.82, 2.24) is 5.32 Å². The smallest absolute Gasteiger partial charge is 0.221 e. The Morgan fingerprint density at radius 1 is 1.24 bits per heavy atom. The highest BCUT2D eigenvalue weighted by molar-refractivity contribution is 7.90. The summed E-state index contributed by atoms with van der Waals surface area (Å²) < 4.78 is 42.9. The third-order valence-electron chi connectivity index (χ3n) is 4.20. The van der Waals surface area contributed by atoms with Gasteiger partial charge in [-0.2, -0.15) is 0 Å². The summed E-state index contributed by atoms with van der Waals surface area (Å²) in [5.41, 5.74) is 0.136. The highest BCUT2D eigenvalue weighted by Gasteiger charge is 2.17. The minimum Gasteiger partial charge on any atom is -0.370 e. The molecule has 1 fully saturated rings. The minimum absolute atomic E-state index is 0.0960. The van der Waals surface area contributed by atoms with Crippen LogP contribution in [0.4, 0.5) is 4.39 Å². The number of morpholine rings is 1. The molecule has 0 atom stereocenters. The van der Waals surface area contributed by atoms with Gasteiger partial charge in [-0.25, -0.2) is 12.8 Å². The Morgan fingerprint density at radius 3 is 2.68 bits per heavy atom. The van der Waals surface area contributed by atoms with Crippen molar-refractivity contribution in [2.75, 3.05) is 45.1 Å². The highest BCUT2D eigenvalue weighted by Crippen LogP contribution is 2.11. The van der Waals surface area contributed by atoms with Gasteiger partial charge in [0.2, 0.25) is 5.91 Å². The molecular weight excluding hydrogens is 347 g/mol. The van der Waals surface area contributed by atoms with Gasteiger partial charge in [-0.15, -0.1) is 0 Å². The van der Waals surface area contributed by atoms with Crippen LogP contribution in [0, 0.1) is 5.82 Å². The first-order valence-electron chi connectivity index (χ1n) is 8.58. The van der Waals surface area contributed by atoms with Crippen molar-refractivity contribution in [2.24, 2.45) is 0 Å². The van der Waals surface area contributed by atoms with Crippen LogP contribution < -0.4 is 10.2 Å². The van der Waals surface area contributed by atoms with Crippen molar-refractivity contribution >= 4 is 15.7 Å². The molecule has 0 aliphatic carbocycles. The van der Waals surface area contributed by atoms with Crippen LogP contribution in [0.1, 0.15) is 18.4 Å². The van der Waals surface area contributed by atoms with Crippen LogP contribution in [0.5, 0.6) is 0 Å². The van der Waals surface area contributed by atoms with Crippen molar-refractivity contribution in [3.63, 3.8) is 0 Å². The molecule has 1 amide bonds. The van der Waals surface area contributed by atoms with E-state index in [0.717, 1.165) is 39.3 Å². The quantitative estimate of drug-likeness (QED) is 0.575. The largest absolute Gasteiger partial charge is 0.370 e. The topological polar surface area (TPSA) is 76.9 Å². The number of ether oxygens (including phenoxy) is 1. The minimum atomic E-state index is -3.52. The predicted molar refractivity (Wildman–Crippen MR) is 92.5 cm³/mol. The number of rotatable bonds is 9. The fourth-order valence-corrected chi connectivity index (χ4v) is 4.09. The summed E-state index contributed by atoms with van der Waals surface area (Å²) in [7, 11) is -3.52. The normalized spacial score (nSPS) is 15.9. The molecule has 1 heterocycles. The molecule has 0 unspecified atom stereocenters. The van der Waals surface area contributed by atoms with Crippen molar-refractivity contribution < 1.29 is 27.2 Å². The Labute approximate surface area is 148 Å². The zero-order valence-electron chi connectivity index (χ0n) is 14.3. The first-order valence-corrected chi connectivity index (χ1v) is 10.4. The lowest BCUT2D eigenvalue weighted by atomic mass is 10.2. The van der Waals surface area contributed by atoms with Crippen LogP contribution >= 0.6 is 0 Å². The van der Waals surface area contributed by atoms with Crippen molar-refractivity contribution in [2.45, 2.75) is 18.6 Å². The van der Waals surface area contributed by atoms with Gasteiger partial charge >= 0.3 is 0 Å². The second-order valence-electron chi connectivity index (χ2n) is 6.25. The number of carbonyl (C=O) groups is 1. The molecule has 1 aromatic rings. The van der Waals surface area contributed by atoms with Gasteiger partial charge in [-0.1, -0.05) is 18.2 Å². The van der Waals surface area contributed by atoms with E-state index in [1.54, 1.807) is 6.07 Å². The van der Waals surface area contributed by atoms with E-state index in [2.05, 4.69) is 5.32 Å². The second kappa shape index (κ2) is 9.84. The Morgan fingerprint density at radius 2 is 1.96 bits per heavy atom. The Kier molecular flexibility index (Phi) is 7.80. The van der Waals surface area contributed by atoms with Gasteiger partial charge in [0.25, 0.3) is 0 Å². The Balaban J connectivity index is 1.64. The lowest BCUT2D eigenvalue weighted by Gasteiger charge is -2.23. The summed E-state index contributed by atoms with van der Waals surface area (Å²) in [5.74, 6) is -1.48. The van der Waals surface area contributed by atoms with Crippen molar-refractivity contribution in [3.8, 4) is 0 Å². The Hall–Kier alpha value is -1.51. The summed E-state index contributed by atoms with van der Waals surface area (Å²) in [5, 5.41) is 2.75. The zero-order chi connectivity index (χ0) is 18.1. The van der Waals surface area contributed by atoms with E-state index in [0.29, 0.717) is 6.54 Å². The summed E-state index contributed by atoms with van der Waals surface area (Å²) in [6, 6.07) is 5.78. The fraction of sp³-hybridized carbons (Fsp3) is 0.588. The van der Waals surface area contributed by atoms with E-state index in [4.69, 9.17) is 4.74 Å². The van der Waals surface area contributed by atoms with Crippen LogP contribution in [0.2, 0.25) is 0 Å². The van der Waals surface area contributed by atoms with Crippen LogP contribution in [-0.4, -0.2) is 59.5 Å². The highest BCUT2D eigenvalue weighted by atomic mass is 32.2. The van der Waals surface area contributed by atoms with Crippen molar-refractivity contribution in [1.29, 1.82) is 0 Å². The van der Waals surface area contributed by atoms with Crippen LogP contribution in [0.3, 0.4) is 0 Å². The zero-order valence-corrected chi connectivity index (χ0v) is 15.1. The molecule has 1 saturated heterocycles. The molecule has 0 spiro atoms. The summed E-state index contributed by atoms with van der Waals surface area (Å²) >= 11 is 0. The molecule has 140 valence electrons. The lowest BCUT2D eigenvalue weighted by molar-refractivity contribution is -0.908. The SMILES string of the molecule is O=C(CCS(=O)(=O)Cc1ccccc1F)NCCC[NH+]1CCOCC1. The number of benzene rings is 1. The maximum atomic E-state index is 13.5. The number of sulfone groups is 1. The van der Waals surface area contributed by atoms with Crippen LogP contribution in [0.25, 0.3) is 0 Å². The molecule has 8 heteroatoms. The van der Waals surface area contributed by atoms with E-state index in [-0.39, 0.29) is 29.4 Å². The number of nitrogens with one attached hydrogen (secondary N) is 2. The molecular formula is C17H26FN2O4S+. The number of halogens is 1. The molecule has 6 nitrogen and oxygen atoms in total. The molecule has 0 bridgehead atoms. The molecule has 0 radical (unpaired) electrons. The van der Waals surface area contributed by atoms with Gasteiger partial charge in [0.1, 0.15) is 18.9 Å². The third kappa shape index (κ3) is 7.50. The summed E-state index contributed by atoms with van der Waals surface area (Å²) in [6.45, 7) is 5.04. The molecule has 2 N–H and O–H groups in total. The Bertz CT molecular complexity index is 660. The predicted octanol–water partition coefficient (Wildman–Crippen LogP) is -0.448. The number of hydrogen-bond donors (Lipinski definition) is 2. The number of amides is 1. The van der Waals surface area contributed by atoms with E-state index < -0.39 is 15.7 Å². The molecule has 0 aromatic heterocycles. The maximum absolute atomic E-state index is 13.5. The molecule has 1 aliphatic rings. The maximum Gasteiger partial charge on any atom is 0.221 e. The van der Waals surface area contributed by atoms with E-state index in [9.17, 15) is 17.6 Å². The number of hydrogen-bond acceptors (Lipinski definition) is 4. The van der Waals surface area contributed by atoms with Crippen molar-refractivity contribution in [3.05, 3.63) is 35.6 Å². The first-order chi connectivity index (χ1) is 12.0. The van der Waals surface area contributed by atoms with Gasteiger partial charge in [0.15, 0.2) is 9.84 Å².